The van der Waals surface area contributed by atoms with Crippen LogP contribution in [0.4, 0.5) is 18.9 Å². The van der Waals surface area contributed by atoms with E-state index in [0.29, 0.717) is 31.7 Å². The van der Waals surface area contributed by atoms with Crippen LogP contribution in [0.25, 0.3) is 0 Å². The first-order valence-electron chi connectivity index (χ1n) is 6.89. The first-order valence-corrected chi connectivity index (χ1v) is 6.89. The van der Waals surface area contributed by atoms with Gasteiger partial charge in [0.2, 0.25) is 0 Å². The molecule has 4 nitrogen and oxygen atoms in total. The Bertz CT molecular complexity index is 483. The minimum absolute atomic E-state index is 0.125. The maximum atomic E-state index is 12.3. The van der Waals surface area contributed by atoms with Gasteiger partial charge in [0, 0.05) is 49.5 Å². The van der Waals surface area contributed by atoms with Crippen molar-refractivity contribution in [3.05, 3.63) is 23.8 Å². The third-order valence-electron chi connectivity index (χ3n) is 3.64. The Morgan fingerprint density at radius 2 is 1.86 bits per heavy atom. The molecule has 1 atom stereocenters. The lowest BCUT2D eigenvalue weighted by Gasteiger charge is -2.36. The minimum Gasteiger partial charge on any atom is -0.508 e. The molecule has 0 aliphatic carbocycles. The van der Waals surface area contributed by atoms with Crippen LogP contribution in [-0.4, -0.2) is 48.9 Å². The van der Waals surface area contributed by atoms with Crippen molar-refractivity contribution >= 4 is 5.69 Å². The van der Waals surface area contributed by atoms with Crippen molar-refractivity contribution < 1.29 is 18.3 Å². The van der Waals surface area contributed by atoms with E-state index in [9.17, 15) is 18.3 Å². The third kappa shape index (κ3) is 4.25. The second-order valence-electron chi connectivity index (χ2n) is 5.41. The van der Waals surface area contributed by atoms with Crippen LogP contribution < -0.4 is 10.6 Å². The molecule has 1 unspecified atom stereocenters. The zero-order chi connectivity index (χ0) is 15.6. The Morgan fingerprint density at radius 1 is 1.24 bits per heavy atom. The monoisotopic (exact) mass is 303 g/mol. The molecule has 1 aliphatic heterocycles. The predicted molar refractivity (Wildman–Crippen MR) is 75.4 cm³/mol. The highest BCUT2D eigenvalue weighted by Crippen LogP contribution is 2.29. The normalized spacial score (nSPS) is 18.8. The number of rotatable bonds is 3. The lowest BCUT2D eigenvalue weighted by molar-refractivity contribution is -0.146. The maximum Gasteiger partial charge on any atom is 0.401 e. The van der Waals surface area contributed by atoms with Crippen molar-refractivity contribution in [1.82, 2.24) is 4.90 Å². The summed E-state index contributed by atoms with van der Waals surface area (Å²) in [6.45, 7) is 2.64. The molecule has 1 fully saturated rings. The van der Waals surface area contributed by atoms with Gasteiger partial charge in [-0.1, -0.05) is 6.07 Å². The summed E-state index contributed by atoms with van der Waals surface area (Å²) in [5.41, 5.74) is 7.20. The number of benzene rings is 1. The minimum atomic E-state index is -4.15. The maximum absolute atomic E-state index is 12.3. The summed E-state index contributed by atoms with van der Waals surface area (Å²) in [6.07, 6.45) is -4.15. The number of nitrogens with two attached hydrogens (primary N) is 1. The van der Waals surface area contributed by atoms with Gasteiger partial charge in [-0.05, 0) is 13.0 Å². The van der Waals surface area contributed by atoms with Crippen LogP contribution in [0.1, 0.15) is 18.5 Å². The van der Waals surface area contributed by atoms with E-state index < -0.39 is 12.7 Å². The van der Waals surface area contributed by atoms with Gasteiger partial charge in [0.15, 0.2) is 0 Å². The Balaban J connectivity index is 1.98. The number of aromatic hydroxyl groups is 1. The summed E-state index contributed by atoms with van der Waals surface area (Å²) >= 11 is 0. The molecule has 118 valence electrons. The quantitative estimate of drug-likeness (QED) is 0.898. The van der Waals surface area contributed by atoms with E-state index >= 15 is 0 Å². The third-order valence-corrected chi connectivity index (χ3v) is 3.64. The van der Waals surface area contributed by atoms with Gasteiger partial charge >= 0.3 is 6.18 Å². The molecule has 1 saturated heterocycles. The Kier molecular flexibility index (Phi) is 4.63. The molecule has 7 heteroatoms. The number of alkyl halides is 3. The highest BCUT2D eigenvalue weighted by Gasteiger charge is 2.32. The van der Waals surface area contributed by atoms with Gasteiger partial charge in [-0.3, -0.25) is 4.90 Å². The Hall–Kier alpha value is -1.47. The van der Waals surface area contributed by atoms with Gasteiger partial charge in [0.05, 0.1) is 6.54 Å². The van der Waals surface area contributed by atoms with Crippen molar-refractivity contribution in [3.63, 3.8) is 0 Å². The fraction of sp³-hybridized carbons (Fsp3) is 0.571. The SMILES string of the molecule is CC(N)c1ccc(N2CCN(CC(F)(F)F)CC2)cc1O. The smallest absolute Gasteiger partial charge is 0.401 e. The summed E-state index contributed by atoms with van der Waals surface area (Å²) in [6, 6.07) is 4.97. The molecule has 1 aromatic carbocycles. The average Bonchev–Trinajstić information content (AvgIpc) is 2.37. The van der Waals surface area contributed by atoms with Crippen LogP contribution >= 0.6 is 0 Å². The molecule has 1 heterocycles. The molecular weight excluding hydrogens is 283 g/mol. The average molecular weight is 303 g/mol. The predicted octanol–water partition coefficient (Wildman–Crippen LogP) is 2.10. The molecule has 2 rings (SSSR count). The van der Waals surface area contributed by atoms with E-state index in [2.05, 4.69) is 0 Å². The number of piperazine rings is 1. The molecule has 0 saturated carbocycles. The van der Waals surface area contributed by atoms with E-state index in [0.717, 1.165) is 5.69 Å². The van der Waals surface area contributed by atoms with Crippen LogP contribution in [0.15, 0.2) is 18.2 Å². The topological polar surface area (TPSA) is 52.7 Å². The first-order chi connectivity index (χ1) is 9.76. The molecule has 3 N–H and O–H groups in total. The Morgan fingerprint density at radius 3 is 2.33 bits per heavy atom. The van der Waals surface area contributed by atoms with Crippen LogP contribution in [0.2, 0.25) is 0 Å². The van der Waals surface area contributed by atoms with Crippen molar-refractivity contribution in [2.75, 3.05) is 37.6 Å². The largest absolute Gasteiger partial charge is 0.508 e. The van der Waals surface area contributed by atoms with E-state index in [1.165, 1.54) is 4.90 Å². The lowest BCUT2D eigenvalue weighted by atomic mass is 10.1. The van der Waals surface area contributed by atoms with Crippen LogP contribution in [0.5, 0.6) is 5.75 Å². The number of anilines is 1. The van der Waals surface area contributed by atoms with Gasteiger partial charge in [-0.25, -0.2) is 0 Å². The summed E-state index contributed by atoms with van der Waals surface area (Å²) in [7, 11) is 0. The van der Waals surface area contributed by atoms with E-state index in [-0.39, 0.29) is 11.8 Å². The summed E-state index contributed by atoms with van der Waals surface area (Å²) in [5.74, 6) is 0.125. The van der Waals surface area contributed by atoms with Crippen LogP contribution in [0.3, 0.4) is 0 Å². The fourth-order valence-electron chi connectivity index (χ4n) is 2.53. The molecular formula is C14H20F3N3O. The first kappa shape index (κ1) is 15.9. The summed E-state index contributed by atoms with van der Waals surface area (Å²) < 4.78 is 37.0. The summed E-state index contributed by atoms with van der Waals surface area (Å²) in [5, 5.41) is 9.93. The molecule has 0 amide bonds. The van der Waals surface area contributed by atoms with Crippen molar-refractivity contribution in [1.29, 1.82) is 0 Å². The van der Waals surface area contributed by atoms with Crippen LogP contribution in [0, 0.1) is 0 Å². The second kappa shape index (κ2) is 6.11. The van der Waals surface area contributed by atoms with Gasteiger partial charge in [0.25, 0.3) is 0 Å². The zero-order valence-corrected chi connectivity index (χ0v) is 11.9. The van der Waals surface area contributed by atoms with Crippen molar-refractivity contribution in [2.45, 2.75) is 19.1 Å². The van der Waals surface area contributed by atoms with Gasteiger partial charge in [-0.15, -0.1) is 0 Å². The number of hydrogen-bond donors (Lipinski definition) is 2. The molecule has 0 radical (unpaired) electrons. The second-order valence-corrected chi connectivity index (χ2v) is 5.41. The molecule has 1 aromatic rings. The van der Waals surface area contributed by atoms with Crippen molar-refractivity contribution in [3.8, 4) is 5.75 Å². The molecule has 0 aromatic heterocycles. The fourth-order valence-corrected chi connectivity index (χ4v) is 2.53. The van der Waals surface area contributed by atoms with E-state index in [1.54, 1.807) is 19.1 Å². The molecule has 1 aliphatic rings. The number of nitrogens with zero attached hydrogens (tertiary/aromatic N) is 2. The Labute approximate surface area is 121 Å². The standard InChI is InChI=1S/C14H20F3N3O/c1-10(18)12-3-2-11(8-13(12)21)20-6-4-19(5-7-20)9-14(15,16)17/h2-3,8,10,21H,4-7,9,18H2,1H3. The number of phenols is 1. The number of phenolic OH excluding ortho intramolecular Hbond substituents is 1. The zero-order valence-electron chi connectivity index (χ0n) is 11.9. The van der Waals surface area contributed by atoms with E-state index in [1.807, 2.05) is 11.0 Å². The highest BCUT2D eigenvalue weighted by molar-refractivity contribution is 5.54. The number of hydrogen-bond acceptors (Lipinski definition) is 4. The molecule has 0 bridgehead atoms. The van der Waals surface area contributed by atoms with Crippen LogP contribution in [-0.2, 0) is 0 Å². The number of halogens is 3. The summed E-state index contributed by atoms with van der Waals surface area (Å²) in [4.78, 5) is 3.37. The lowest BCUT2D eigenvalue weighted by Crippen LogP contribution is -2.49. The molecule has 0 spiro atoms. The van der Waals surface area contributed by atoms with Gasteiger partial charge < -0.3 is 15.7 Å². The van der Waals surface area contributed by atoms with Crippen molar-refractivity contribution in [2.24, 2.45) is 5.73 Å². The van der Waals surface area contributed by atoms with Gasteiger partial charge in [-0.2, -0.15) is 13.2 Å². The van der Waals surface area contributed by atoms with E-state index in [4.69, 9.17) is 5.73 Å². The molecule has 21 heavy (non-hydrogen) atoms. The highest BCUT2D eigenvalue weighted by atomic mass is 19.4. The van der Waals surface area contributed by atoms with Gasteiger partial charge in [0.1, 0.15) is 5.75 Å².